The molecule has 0 radical (unpaired) electrons. The van der Waals surface area contributed by atoms with Gasteiger partial charge in [0.15, 0.2) is 0 Å². The third-order valence-corrected chi connectivity index (χ3v) is 2.67. The minimum absolute atomic E-state index is 0.0737. The summed E-state index contributed by atoms with van der Waals surface area (Å²) in [6.45, 7) is 0. The van der Waals surface area contributed by atoms with Crippen molar-refractivity contribution in [2.75, 3.05) is 0 Å². The predicted octanol–water partition coefficient (Wildman–Crippen LogP) is 1.25. The van der Waals surface area contributed by atoms with E-state index in [-0.39, 0.29) is 11.4 Å². The van der Waals surface area contributed by atoms with Gasteiger partial charge >= 0.3 is 17.2 Å². The van der Waals surface area contributed by atoms with E-state index in [9.17, 15) is 24.8 Å². The maximum absolute atomic E-state index is 11.4. The van der Waals surface area contributed by atoms with Gasteiger partial charge in [-0.15, -0.1) is 0 Å². The van der Waals surface area contributed by atoms with E-state index in [0.717, 1.165) is 0 Å². The van der Waals surface area contributed by atoms with Crippen LogP contribution >= 0.6 is 0 Å². The van der Waals surface area contributed by atoms with Crippen LogP contribution in [0, 0.1) is 10.1 Å². The summed E-state index contributed by atoms with van der Waals surface area (Å²) in [6.07, 6.45) is 2.82. The molecule has 0 unspecified atom stereocenters. The minimum atomic E-state index is -1.07. The van der Waals surface area contributed by atoms with Crippen molar-refractivity contribution in [3.63, 3.8) is 0 Å². The van der Waals surface area contributed by atoms with Crippen LogP contribution in [0.3, 0.4) is 0 Å². The highest BCUT2D eigenvalue weighted by atomic mass is 16.6. The van der Waals surface area contributed by atoms with Crippen molar-refractivity contribution in [2.24, 2.45) is 0 Å². The van der Waals surface area contributed by atoms with E-state index >= 15 is 0 Å². The van der Waals surface area contributed by atoms with Gasteiger partial charge in [0.1, 0.15) is 5.82 Å². The standard InChI is InChI=1S/C13H9N3O6/c17-11-10(16(21)22)12(18)15-9(14-11)6-3-7-1-4-8(5-2-7)13(19)20/h1-6H,(H,19,20)(H2,14,15,17,18). The Morgan fingerprint density at radius 3 is 2.41 bits per heavy atom. The van der Waals surface area contributed by atoms with Crippen molar-refractivity contribution >= 4 is 23.8 Å². The second-order valence-electron chi connectivity index (χ2n) is 4.14. The molecule has 2 aromatic rings. The highest BCUT2D eigenvalue weighted by Gasteiger charge is 2.21. The fourth-order valence-corrected chi connectivity index (χ4v) is 1.63. The number of carboxylic acid groups (broad SMARTS) is 1. The van der Waals surface area contributed by atoms with E-state index in [0.29, 0.717) is 5.56 Å². The molecular formula is C13H9N3O6. The lowest BCUT2D eigenvalue weighted by molar-refractivity contribution is -0.387. The van der Waals surface area contributed by atoms with Crippen LogP contribution in [-0.2, 0) is 0 Å². The zero-order valence-electron chi connectivity index (χ0n) is 10.9. The molecule has 0 spiro atoms. The summed E-state index contributed by atoms with van der Waals surface area (Å²) in [6, 6.07) is 5.85. The van der Waals surface area contributed by atoms with Crippen LogP contribution in [0.15, 0.2) is 29.1 Å². The number of nitro groups is 1. The molecular weight excluding hydrogens is 294 g/mol. The number of nitrogens with zero attached hydrogens (tertiary/aromatic N) is 2. The first-order chi connectivity index (χ1) is 10.4. The monoisotopic (exact) mass is 303 g/mol. The molecule has 0 aliphatic rings. The number of aromatic amines is 1. The van der Waals surface area contributed by atoms with Crippen LogP contribution in [0.1, 0.15) is 21.7 Å². The van der Waals surface area contributed by atoms with E-state index in [1.54, 1.807) is 0 Å². The molecule has 0 saturated heterocycles. The quantitative estimate of drug-likeness (QED) is 0.568. The van der Waals surface area contributed by atoms with Gasteiger partial charge in [0.25, 0.3) is 5.88 Å². The van der Waals surface area contributed by atoms with Gasteiger partial charge in [0.2, 0.25) is 0 Å². The Kier molecular flexibility index (Phi) is 3.98. The van der Waals surface area contributed by atoms with Crippen molar-refractivity contribution in [1.29, 1.82) is 0 Å². The van der Waals surface area contributed by atoms with Crippen molar-refractivity contribution < 1.29 is 19.9 Å². The van der Waals surface area contributed by atoms with Crippen molar-refractivity contribution in [3.05, 3.63) is 61.7 Å². The van der Waals surface area contributed by atoms with E-state index in [4.69, 9.17) is 5.11 Å². The Hall–Kier alpha value is -3.49. The number of hydrogen-bond acceptors (Lipinski definition) is 6. The molecule has 1 aromatic carbocycles. The molecule has 0 fully saturated rings. The largest absolute Gasteiger partial charge is 0.488 e. The average Bonchev–Trinajstić information content (AvgIpc) is 2.44. The highest BCUT2D eigenvalue weighted by molar-refractivity contribution is 5.88. The molecule has 0 saturated carbocycles. The maximum Gasteiger partial charge on any atom is 0.395 e. The lowest BCUT2D eigenvalue weighted by Gasteiger charge is -1.98. The molecule has 3 N–H and O–H groups in total. The molecule has 0 bridgehead atoms. The molecule has 1 aromatic heterocycles. The SMILES string of the molecule is O=C(O)c1ccc(C=Cc2nc(O)c([N+](=O)[O-])c(=O)[nH]2)cc1. The van der Waals surface area contributed by atoms with Gasteiger partial charge in [0.05, 0.1) is 10.5 Å². The molecule has 9 nitrogen and oxygen atoms in total. The summed E-state index contributed by atoms with van der Waals surface area (Å²) in [5.41, 5.74) is -1.36. The second-order valence-corrected chi connectivity index (χ2v) is 4.14. The molecule has 2 rings (SSSR count). The van der Waals surface area contributed by atoms with E-state index in [2.05, 4.69) is 9.97 Å². The van der Waals surface area contributed by atoms with Gasteiger partial charge < -0.3 is 15.2 Å². The van der Waals surface area contributed by atoms with E-state index < -0.39 is 28.0 Å². The smallest absolute Gasteiger partial charge is 0.395 e. The summed E-state index contributed by atoms with van der Waals surface area (Å²) < 4.78 is 0. The Labute approximate surface area is 122 Å². The molecule has 0 amide bonds. The van der Waals surface area contributed by atoms with Crippen LogP contribution in [0.25, 0.3) is 12.2 Å². The van der Waals surface area contributed by atoms with Crippen LogP contribution in [-0.4, -0.2) is 31.1 Å². The molecule has 0 aliphatic carbocycles. The van der Waals surface area contributed by atoms with Crippen LogP contribution in [0.5, 0.6) is 5.88 Å². The number of H-pyrrole nitrogens is 1. The van der Waals surface area contributed by atoms with Gasteiger partial charge in [-0.05, 0) is 23.8 Å². The van der Waals surface area contributed by atoms with E-state index in [1.165, 1.54) is 36.4 Å². The van der Waals surface area contributed by atoms with Crippen LogP contribution < -0.4 is 5.56 Å². The Balaban J connectivity index is 2.29. The van der Waals surface area contributed by atoms with E-state index in [1.807, 2.05) is 0 Å². The molecule has 1 heterocycles. The summed E-state index contributed by atoms with van der Waals surface area (Å²) in [4.78, 5) is 37.3. The highest BCUT2D eigenvalue weighted by Crippen LogP contribution is 2.17. The number of aromatic hydroxyl groups is 1. The Morgan fingerprint density at radius 1 is 1.27 bits per heavy atom. The molecule has 0 aliphatic heterocycles. The number of carbonyl (C=O) groups is 1. The summed E-state index contributed by atoms with van der Waals surface area (Å²) in [5.74, 6) is -2.10. The second kappa shape index (κ2) is 5.87. The van der Waals surface area contributed by atoms with Crippen molar-refractivity contribution in [1.82, 2.24) is 9.97 Å². The number of carboxylic acids is 1. The molecule has 9 heteroatoms. The topological polar surface area (TPSA) is 146 Å². The normalized spacial score (nSPS) is 10.7. The number of benzene rings is 1. The van der Waals surface area contributed by atoms with Gasteiger partial charge in [-0.3, -0.25) is 14.9 Å². The first-order valence-electron chi connectivity index (χ1n) is 5.87. The maximum atomic E-state index is 11.4. The number of nitrogens with one attached hydrogen (secondary N) is 1. The van der Waals surface area contributed by atoms with Gasteiger partial charge in [-0.2, -0.15) is 4.98 Å². The van der Waals surface area contributed by atoms with Crippen molar-refractivity contribution in [3.8, 4) is 5.88 Å². The fraction of sp³-hybridized carbons (Fsp3) is 0. The minimum Gasteiger partial charge on any atom is -0.488 e. The number of rotatable bonds is 4. The van der Waals surface area contributed by atoms with Gasteiger partial charge in [-0.25, -0.2) is 4.79 Å². The van der Waals surface area contributed by atoms with Crippen molar-refractivity contribution in [2.45, 2.75) is 0 Å². The predicted molar refractivity (Wildman–Crippen MR) is 75.5 cm³/mol. The third kappa shape index (κ3) is 3.15. The first kappa shape index (κ1) is 14.9. The lowest BCUT2D eigenvalue weighted by Crippen LogP contribution is -2.14. The lowest BCUT2D eigenvalue weighted by atomic mass is 10.1. The molecule has 0 atom stereocenters. The molecule has 112 valence electrons. The summed E-state index contributed by atoms with van der Waals surface area (Å²) in [7, 11) is 0. The Morgan fingerprint density at radius 2 is 1.91 bits per heavy atom. The van der Waals surface area contributed by atoms with Crippen LogP contribution in [0.2, 0.25) is 0 Å². The number of hydrogen-bond donors (Lipinski definition) is 3. The zero-order chi connectivity index (χ0) is 16.3. The first-order valence-corrected chi connectivity index (χ1v) is 5.87. The van der Waals surface area contributed by atoms with Gasteiger partial charge in [-0.1, -0.05) is 18.2 Å². The Bertz CT molecular complexity index is 823. The average molecular weight is 303 g/mol. The fourth-order valence-electron chi connectivity index (χ4n) is 1.63. The van der Waals surface area contributed by atoms with Gasteiger partial charge in [0, 0.05) is 0 Å². The number of aromatic carboxylic acids is 1. The van der Waals surface area contributed by atoms with Crippen LogP contribution in [0.4, 0.5) is 5.69 Å². The third-order valence-electron chi connectivity index (χ3n) is 2.67. The summed E-state index contributed by atoms with van der Waals surface area (Å²) in [5, 5.41) is 28.7. The zero-order valence-corrected chi connectivity index (χ0v) is 10.9. The molecule has 22 heavy (non-hydrogen) atoms. The summed E-state index contributed by atoms with van der Waals surface area (Å²) >= 11 is 0. The number of aromatic nitrogens is 2.